The lowest BCUT2D eigenvalue weighted by Gasteiger charge is -2.38. The molecule has 0 aliphatic carbocycles. The van der Waals surface area contributed by atoms with Gasteiger partial charge in [0.1, 0.15) is 6.10 Å². The van der Waals surface area contributed by atoms with E-state index < -0.39 is 0 Å². The van der Waals surface area contributed by atoms with E-state index in [0.29, 0.717) is 0 Å². The molecule has 0 spiro atoms. The molecule has 4 rings (SSSR count). The molecule has 0 saturated carbocycles. The Balaban J connectivity index is 1.34. The third-order valence-electron chi connectivity index (χ3n) is 3.47. The summed E-state index contributed by atoms with van der Waals surface area (Å²) in [6, 6.07) is 6.32. The van der Waals surface area contributed by atoms with Crippen molar-refractivity contribution in [1.82, 2.24) is 19.5 Å². The van der Waals surface area contributed by atoms with Crippen LogP contribution in [-0.4, -0.2) is 38.7 Å². The lowest BCUT2D eigenvalue weighted by molar-refractivity contribution is 0.0144. The fourth-order valence-corrected chi connectivity index (χ4v) is 3.01. The average Bonchev–Trinajstić information content (AvgIpc) is 3.06. The molecule has 3 aromatic heterocycles. The minimum Gasteiger partial charge on any atom is -0.464 e. The van der Waals surface area contributed by atoms with Gasteiger partial charge in [-0.3, -0.25) is 4.90 Å². The number of fused-ring (bicyclic) bond motifs is 1. The SMILES string of the molecule is c1csc(OC2CN(Cc3ccn4nccc4c3)C2)n1. The van der Waals surface area contributed by atoms with E-state index in [1.807, 2.05) is 28.4 Å². The van der Waals surface area contributed by atoms with Gasteiger partial charge in [0.05, 0.1) is 5.52 Å². The normalized spacial score (nSPS) is 16.4. The molecule has 0 bridgehead atoms. The molecule has 0 amide bonds. The summed E-state index contributed by atoms with van der Waals surface area (Å²) in [5, 5.41) is 6.91. The van der Waals surface area contributed by atoms with Crippen LogP contribution in [0.2, 0.25) is 0 Å². The van der Waals surface area contributed by atoms with Crippen molar-refractivity contribution in [2.75, 3.05) is 13.1 Å². The largest absolute Gasteiger partial charge is 0.464 e. The average molecular weight is 286 g/mol. The summed E-state index contributed by atoms with van der Waals surface area (Å²) in [7, 11) is 0. The third-order valence-corrected chi connectivity index (χ3v) is 4.13. The standard InChI is InChI=1S/C14H14N4OS/c1-3-16-18-5-2-11(7-12(1)18)8-17-9-13(10-17)19-14-15-4-6-20-14/h1-7,13H,8-10H2. The summed E-state index contributed by atoms with van der Waals surface area (Å²) in [5.74, 6) is 0. The van der Waals surface area contributed by atoms with Crippen LogP contribution >= 0.6 is 11.3 Å². The predicted octanol–water partition coefficient (Wildman–Crippen LogP) is 2.05. The van der Waals surface area contributed by atoms with Crippen molar-refractivity contribution >= 4 is 16.9 Å². The van der Waals surface area contributed by atoms with Gasteiger partial charge in [0.25, 0.3) is 5.19 Å². The van der Waals surface area contributed by atoms with Crippen LogP contribution in [0.4, 0.5) is 0 Å². The minimum atomic E-state index is 0.278. The van der Waals surface area contributed by atoms with Crippen LogP contribution in [0.15, 0.2) is 42.2 Å². The Morgan fingerprint density at radius 3 is 3.10 bits per heavy atom. The van der Waals surface area contributed by atoms with E-state index in [4.69, 9.17) is 4.74 Å². The number of hydrogen-bond donors (Lipinski definition) is 0. The highest BCUT2D eigenvalue weighted by atomic mass is 32.1. The zero-order chi connectivity index (χ0) is 13.4. The maximum absolute atomic E-state index is 5.77. The molecule has 1 aliphatic rings. The highest BCUT2D eigenvalue weighted by Crippen LogP contribution is 2.21. The molecule has 0 aromatic carbocycles. The maximum atomic E-state index is 5.77. The van der Waals surface area contributed by atoms with Crippen molar-refractivity contribution in [3.63, 3.8) is 0 Å². The Hall–Kier alpha value is -1.92. The van der Waals surface area contributed by atoms with Gasteiger partial charge in [-0.15, -0.1) is 0 Å². The molecule has 1 saturated heterocycles. The fraction of sp³-hybridized carbons (Fsp3) is 0.286. The lowest BCUT2D eigenvalue weighted by Crippen LogP contribution is -2.53. The first-order chi connectivity index (χ1) is 9.87. The van der Waals surface area contributed by atoms with Crippen molar-refractivity contribution in [2.24, 2.45) is 0 Å². The number of nitrogens with zero attached hydrogens (tertiary/aromatic N) is 4. The Labute approximate surface area is 120 Å². The highest BCUT2D eigenvalue weighted by Gasteiger charge is 2.28. The van der Waals surface area contributed by atoms with E-state index in [-0.39, 0.29) is 6.10 Å². The summed E-state index contributed by atoms with van der Waals surface area (Å²) in [4.78, 5) is 6.52. The van der Waals surface area contributed by atoms with Gasteiger partial charge in [-0.1, -0.05) is 11.3 Å². The number of aromatic nitrogens is 3. The second-order valence-corrected chi connectivity index (χ2v) is 5.82. The predicted molar refractivity (Wildman–Crippen MR) is 77.0 cm³/mol. The topological polar surface area (TPSA) is 42.7 Å². The molecule has 0 radical (unpaired) electrons. The van der Waals surface area contributed by atoms with Crippen LogP contribution in [0.3, 0.4) is 0 Å². The van der Waals surface area contributed by atoms with Gasteiger partial charge < -0.3 is 4.74 Å². The number of rotatable bonds is 4. The smallest absolute Gasteiger partial charge is 0.273 e. The summed E-state index contributed by atoms with van der Waals surface area (Å²) in [5.41, 5.74) is 2.45. The zero-order valence-corrected chi connectivity index (χ0v) is 11.7. The van der Waals surface area contributed by atoms with Crippen LogP contribution < -0.4 is 4.74 Å². The quantitative estimate of drug-likeness (QED) is 0.736. The van der Waals surface area contributed by atoms with Crippen LogP contribution in [0, 0.1) is 0 Å². The van der Waals surface area contributed by atoms with Crippen molar-refractivity contribution in [3.05, 3.63) is 47.7 Å². The van der Waals surface area contributed by atoms with Gasteiger partial charge in [0.15, 0.2) is 0 Å². The first-order valence-corrected chi connectivity index (χ1v) is 7.45. The third kappa shape index (κ3) is 2.28. The maximum Gasteiger partial charge on any atom is 0.273 e. The monoisotopic (exact) mass is 286 g/mol. The Kier molecular flexibility index (Phi) is 2.90. The number of hydrogen-bond acceptors (Lipinski definition) is 5. The Morgan fingerprint density at radius 1 is 1.30 bits per heavy atom. The lowest BCUT2D eigenvalue weighted by atomic mass is 10.1. The highest BCUT2D eigenvalue weighted by molar-refractivity contribution is 7.11. The molecule has 0 atom stereocenters. The molecule has 0 unspecified atom stereocenters. The Bertz CT molecular complexity index is 703. The van der Waals surface area contributed by atoms with E-state index in [1.54, 1.807) is 17.5 Å². The summed E-state index contributed by atoms with van der Waals surface area (Å²) < 4.78 is 7.65. The van der Waals surface area contributed by atoms with E-state index >= 15 is 0 Å². The number of ether oxygens (including phenoxy) is 1. The molecular formula is C14H14N4OS. The number of pyridine rings is 1. The molecular weight excluding hydrogens is 272 g/mol. The second-order valence-electron chi connectivity index (χ2n) is 4.97. The van der Waals surface area contributed by atoms with Gasteiger partial charge in [0.2, 0.25) is 0 Å². The minimum absolute atomic E-state index is 0.278. The van der Waals surface area contributed by atoms with Crippen LogP contribution in [0.25, 0.3) is 5.52 Å². The summed E-state index contributed by atoms with van der Waals surface area (Å²) in [6.07, 6.45) is 5.88. The van der Waals surface area contributed by atoms with Crippen molar-refractivity contribution < 1.29 is 4.74 Å². The fourth-order valence-electron chi connectivity index (χ4n) is 2.46. The molecule has 5 nitrogen and oxygen atoms in total. The molecule has 6 heteroatoms. The molecule has 1 aliphatic heterocycles. The van der Waals surface area contributed by atoms with Crippen molar-refractivity contribution in [1.29, 1.82) is 0 Å². The molecule has 0 N–H and O–H groups in total. The van der Waals surface area contributed by atoms with Crippen LogP contribution in [0.1, 0.15) is 5.56 Å². The van der Waals surface area contributed by atoms with Crippen molar-refractivity contribution in [3.8, 4) is 5.19 Å². The van der Waals surface area contributed by atoms with Crippen LogP contribution in [-0.2, 0) is 6.54 Å². The first-order valence-electron chi connectivity index (χ1n) is 6.57. The van der Waals surface area contributed by atoms with Gasteiger partial charge in [-0.05, 0) is 23.8 Å². The number of likely N-dealkylation sites (tertiary alicyclic amines) is 1. The van der Waals surface area contributed by atoms with Crippen molar-refractivity contribution in [2.45, 2.75) is 12.6 Å². The van der Waals surface area contributed by atoms with Gasteiger partial charge in [-0.2, -0.15) is 5.10 Å². The van der Waals surface area contributed by atoms with Gasteiger partial charge in [0, 0.05) is 43.6 Å². The zero-order valence-electron chi connectivity index (χ0n) is 10.8. The summed E-state index contributed by atoms with van der Waals surface area (Å²) in [6.45, 7) is 2.88. The second kappa shape index (κ2) is 4.88. The Morgan fingerprint density at radius 2 is 2.25 bits per heavy atom. The van der Waals surface area contributed by atoms with Gasteiger partial charge in [-0.25, -0.2) is 9.50 Å². The van der Waals surface area contributed by atoms with Gasteiger partial charge >= 0.3 is 0 Å². The van der Waals surface area contributed by atoms with E-state index in [0.717, 1.165) is 30.3 Å². The molecule has 3 aromatic rings. The van der Waals surface area contributed by atoms with E-state index in [9.17, 15) is 0 Å². The first kappa shape index (κ1) is 11.9. The van der Waals surface area contributed by atoms with Crippen LogP contribution in [0.5, 0.6) is 5.19 Å². The molecule has 4 heterocycles. The summed E-state index contributed by atoms with van der Waals surface area (Å²) >= 11 is 1.55. The molecule has 1 fully saturated rings. The molecule has 102 valence electrons. The number of thiazole rings is 1. The van der Waals surface area contributed by atoms with E-state index in [1.165, 1.54) is 5.56 Å². The van der Waals surface area contributed by atoms with E-state index in [2.05, 4.69) is 27.1 Å². The molecule has 20 heavy (non-hydrogen) atoms.